The highest BCUT2D eigenvalue weighted by Crippen LogP contribution is 2.07. The van der Waals surface area contributed by atoms with Gasteiger partial charge in [-0.2, -0.15) is 0 Å². The first-order valence-electron chi connectivity index (χ1n) is 6.60. The molecule has 1 fully saturated rings. The van der Waals surface area contributed by atoms with E-state index in [4.69, 9.17) is 4.74 Å². The second-order valence-electron chi connectivity index (χ2n) is 4.31. The van der Waals surface area contributed by atoms with Crippen molar-refractivity contribution in [1.82, 2.24) is 15.5 Å². The highest BCUT2D eigenvalue weighted by Gasteiger charge is 2.32. The molecular weight excluding hydrogens is 234 g/mol. The molecule has 1 heterocycles. The fourth-order valence-electron chi connectivity index (χ4n) is 1.76. The predicted octanol–water partition coefficient (Wildman–Crippen LogP) is 0.333. The lowest BCUT2D eigenvalue weighted by atomic mass is 10.2. The molecule has 2 N–H and O–H groups in total. The first-order chi connectivity index (χ1) is 8.70. The van der Waals surface area contributed by atoms with E-state index in [0.29, 0.717) is 26.2 Å². The number of nitrogens with zero attached hydrogens (tertiary/aromatic N) is 1. The van der Waals surface area contributed by atoms with Crippen molar-refractivity contribution in [3.8, 4) is 0 Å². The highest BCUT2D eigenvalue weighted by atomic mass is 16.5. The number of hydrogen-bond acceptors (Lipinski definition) is 3. The Labute approximate surface area is 108 Å². The van der Waals surface area contributed by atoms with E-state index in [2.05, 4.69) is 10.6 Å². The minimum absolute atomic E-state index is 0.136. The normalized spacial score (nSPS) is 19.4. The third kappa shape index (κ3) is 4.18. The second-order valence-corrected chi connectivity index (χ2v) is 4.31. The van der Waals surface area contributed by atoms with E-state index < -0.39 is 6.04 Å². The molecule has 0 radical (unpaired) electrons. The van der Waals surface area contributed by atoms with Crippen LogP contribution in [0.2, 0.25) is 0 Å². The first-order valence-corrected chi connectivity index (χ1v) is 6.60. The molecule has 18 heavy (non-hydrogen) atoms. The Hall–Kier alpha value is -1.30. The van der Waals surface area contributed by atoms with Gasteiger partial charge in [0.2, 0.25) is 5.91 Å². The van der Waals surface area contributed by atoms with Crippen LogP contribution in [0.5, 0.6) is 0 Å². The van der Waals surface area contributed by atoms with E-state index >= 15 is 0 Å². The van der Waals surface area contributed by atoms with Crippen LogP contribution in [0.15, 0.2) is 0 Å². The molecule has 1 rings (SSSR count). The molecule has 0 aromatic heterocycles. The van der Waals surface area contributed by atoms with Crippen LogP contribution in [0.1, 0.15) is 26.7 Å². The first kappa shape index (κ1) is 14.8. The zero-order valence-electron chi connectivity index (χ0n) is 11.2. The molecule has 0 saturated carbocycles. The Balaban J connectivity index is 2.55. The predicted molar refractivity (Wildman–Crippen MR) is 68.3 cm³/mol. The molecule has 1 saturated heterocycles. The minimum atomic E-state index is -0.512. The van der Waals surface area contributed by atoms with E-state index in [1.54, 1.807) is 4.90 Å². The number of hydrogen-bond donors (Lipinski definition) is 2. The monoisotopic (exact) mass is 257 g/mol. The number of ether oxygens (including phenoxy) is 1. The fraction of sp³-hybridized carbons (Fsp3) is 0.833. The molecule has 104 valence electrons. The highest BCUT2D eigenvalue weighted by molar-refractivity contribution is 5.87. The maximum Gasteiger partial charge on any atom is 0.318 e. The quantitative estimate of drug-likeness (QED) is 0.746. The van der Waals surface area contributed by atoms with Gasteiger partial charge in [0.25, 0.3) is 0 Å². The lowest BCUT2D eigenvalue weighted by molar-refractivity contribution is -0.130. The maximum atomic E-state index is 11.9. The van der Waals surface area contributed by atoms with Crippen LogP contribution in [0.4, 0.5) is 4.79 Å². The third-order valence-electron chi connectivity index (χ3n) is 2.77. The lowest BCUT2D eigenvalue weighted by Gasteiger charge is -2.34. The number of carbonyl (C=O) groups excluding carboxylic acids is 2. The minimum Gasteiger partial charge on any atom is -0.377 e. The summed E-state index contributed by atoms with van der Waals surface area (Å²) >= 11 is 0. The zero-order chi connectivity index (χ0) is 13.4. The van der Waals surface area contributed by atoms with E-state index in [0.717, 1.165) is 12.8 Å². The average molecular weight is 257 g/mol. The van der Waals surface area contributed by atoms with Gasteiger partial charge in [0.1, 0.15) is 6.04 Å². The van der Waals surface area contributed by atoms with Gasteiger partial charge >= 0.3 is 6.03 Å². The largest absolute Gasteiger partial charge is 0.377 e. The summed E-state index contributed by atoms with van der Waals surface area (Å²) in [6, 6.07) is -0.695. The summed E-state index contributed by atoms with van der Waals surface area (Å²) in [5, 5.41) is 5.60. The van der Waals surface area contributed by atoms with Gasteiger partial charge in [0.05, 0.1) is 13.2 Å². The SMILES string of the molecule is CCCNC(=O)C1COCCN1C(=O)NCCC. The summed E-state index contributed by atoms with van der Waals surface area (Å²) in [5.41, 5.74) is 0. The standard InChI is InChI=1S/C12H23N3O3/c1-3-5-13-11(16)10-9-18-8-7-15(10)12(17)14-6-4-2/h10H,3-9H2,1-2H3,(H,13,16)(H,14,17). The summed E-state index contributed by atoms with van der Waals surface area (Å²) < 4.78 is 5.29. The van der Waals surface area contributed by atoms with Crippen molar-refractivity contribution in [2.45, 2.75) is 32.7 Å². The lowest BCUT2D eigenvalue weighted by Crippen LogP contribution is -2.58. The molecule has 0 spiro atoms. The van der Waals surface area contributed by atoms with Crippen LogP contribution in [0.25, 0.3) is 0 Å². The van der Waals surface area contributed by atoms with E-state index in [9.17, 15) is 9.59 Å². The van der Waals surface area contributed by atoms with Crippen molar-refractivity contribution < 1.29 is 14.3 Å². The molecule has 1 aliphatic heterocycles. The summed E-state index contributed by atoms with van der Waals surface area (Å²) in [6.07, 6.45) is 1.75. The zero-order valence-corrected chi connectivity index (χ0v) is 11.2. The second kappa shape index (κ2) is 7.92. The molecule has 1 aliphatic rings. The number of carbonyl (C=O) groups is 2. The van der Waals surface area contributed by atoms with Gasteiger partial charge in [-0.25, -0.2) is 4.79 Å². The molecule has 1 unspecified atom stereocenters. The van der Waals surface area contributed by atoms with Gasteiger partial charge in [-0.15, -0.1) is 0 Å². The smallest absolute Gasteiger partial charge is 0.318 e. The Bertz CT molecular complexity index is 256. The fourth-order valence-corrected chi connectivity index (χ4v) is 1.76. The van der Waals surface area contributed by atoms with Crippen molar-refractivity contribution in [3.63, 3.8) is 0 Å². The molecule has 0 aromatic rings. The van der Waals surface area contributed by atoms with Crippen LogP contribution in [-0.4, -0.2) is 55.7 Å². The summed E-state index contributed by atoms with van der Waals surface area (Å²) in [4.78, 5) is 25.4. The van der Waals surface area contributed by atoms with Gasteiger partial charge in [0.15, 0.2) is 0 Å². The molecule has 0 bridgehead atoms. The average Bonchev–Trinajstić information content (AvgIpc) is 2.42. The van der Waals surface area contributed by atoms with E-state index in [1.807, 2.05) is 13.8 Å². The van der Waals surface area contributed by atoms with Crippen LogP contribution < -0.4 is 10.6 Å². The van der Waals surface area contributed by atoms with Crippen molar-refractivity contribution >= 4 is 11.9 Å². The van der Waals surface area contributed by atoms with E-state index in [1.165, 1.54) is 0 Å². The molecular formula is C12H23N3O3. The Kier molecular flexibility index (Phi) is 6.49. The summed E-state index contributed by atoms with van der Waals surface area (Å²) in [5.74, 6) is -0.136. The van der Waals surface area contributed by atoms with Crippen LogP contribution in [0.3, 0.4) is 0 Å². The Morgan fingerprint density at radius 1 is 1.22 bits per heavy atom. The Morgan fingerprint density at radius 3 is 2.56 bits per heavy atom. The van der Waals surface area contributed by atoms with E-state index in [-0.39, 0.29) is 18.5 Å². The topological polar surface area (TPSA) is 70.7 Å². The Morgan fingerprint density at radius 2 is 1.89 bits per heavy atom. The van der Waals surface area contributed by atoms with Gasteiger partial charge in [0, 0.05) is 19.6 Å². The number of morpholine rings is 1. The van der Waals surface area contributed by atoms with Crippen molar-refractivity contribution in [2.75, 3.05) is 32.8 Å². The molecule has 6 nitrogen and oxygen atoms in total. The number of amides is 3. The van der Waals surface area contributed by atoms with Crippen molar-refractivity contribution in [1.29, 1.82) is 0 Å². The molecule has 0 aliphatic carbocycles. The van der Waals surface area contributed by atoms with Gasteiger partial charge in [-0.05, 0) is 12.8 Å². The van der Waals surface area contributed by atoms with Gasteiger partial charge < -0.3 is 20.3 Å². The van der Waals surface area contributed by atoms with Crippen LogP contribution in [0, 0.1) is 0 Å². The third-order valence-corrected chi connectivity index (χ3v) is 2.77. The van der Waals surface area contributed by atoms with Crippen molar-refractivity contribution in [3.05, 3.63) is 0 Å². The van der Waals surface area contributed by atoms with Gasteiger partial charge in [-0.3, -0.25) is 4.79 Å². The number of nitrogens with one attached hydrogen (secondary N) is 2. The number of urea groups is 1. The molecule has 0 aromatic carbocycles. The summed E-state index contributed by atoms with van der Waals surface area (Å²) in [7, 11) is 0. The van der Waals surface area contributed by atoms with Crippen LogP contribution in [-0.2, 0) is 9.53 Å². The summed E-state index contributed by atoms with van der Waals surface area (Å²) in [6.45, 7) is 6.44. The van der Waals surface area contributed by atoms with Crippen molar-refractivity contribution in [2.24, 2.45) is 0 Å². The number of rotatable bonds is 5. The maximum absolute atomic E-state index is 11.9. The molecule has 3 amide bonds. The molecule has 6 heteroatoms. The van der Waals surface area contributed by atoms with Crippen LogP contribution >= 0.6 is 0 Å². The van der Waals surface area contributed by atoms with Gasteiger partial charge in [-0.1, -0.05) is 13.8 Å². The molecule has 1 atom stereocenters.